The topological polar surface area (TPSA) is 0 Å². The van der Waals surface area contributed by atoms with E-state index < -0.39 is 0 Å². The number of allylic oxidation sites excluding steroid dienone is 2. The van der Waals surface area contributed by atoms with Gasteiger partial charge in [-0.25, -0.2) is 0 Å². The van der Waals surface area contributed by atoms with Crippen LogP contribution in [0.25, 0.3) is 0 Å². The molecule has 0 aromatic rings. The summed E-state index contributed by atoms with van der Waals surface area (Å²) in [7, 11) is 0. The van der Waals surface area contributed by atoms with Gasteiger partial charge in [-0.2, -0.15) is 0 Å². The molecule has 0 atom stereocenters. The van der Waals surface area contributed by atoms with Crippen molar-refractivity contribution in [3.8, 4) is 0 Å². The SMILES string of the molecule is CCCCCCC=CCCCCCCCC. The molecule has 0 aliphatic rings. The summed E-state index contributed by atoms with van der Waals surface area (Å²) < 4.78 is 0. The van der Waals surface area contributed by atoms with Gasteiger partial charge in [-0.15, -0.1) is 0 Å². The van der Waals surface area contributed by atoms with Crippen LogP contribution in [0.5, 0.6) is 0 Å². The zero-order valence-corrected chi connectivity index (χ0v) is 11.6. The smallest absolute Gasteiger partial charge is 0.0351 e. The van der Waals surface area contributed by atoms with Crippen LogP contribution in [0, 0.1) is 0 Å². The first-order valence-corrected chi connectivity index (χ1v) is 7.56. The Morgan fingerprint density at radius 3 is 1.38 bits per heavy atom. The minimum Gasteiger partial charge on any atom is -0.0885 e. The maximum absolute atomic E-state index is 2.39. The molecule has 0 aliphatic carbocycles. The molecule has 96 valence electrons. The van der Waals surface area contributed by atoms with E-state index in [9.17, 15) is 0 Å². The van der Waals surface area contributed by atoms with Crippen LogP contribution in [0.4, 0.5) is 0 Å². The minimum atomic E-state index is 1.30. The Labute approximate surface area is 104 Å². The minimum absolute atomic E-state index is 1.30. The van der Waals surface area contributed by atoms with E-state index in [4.69, 9.17) is 0 Å². The van der Waals surface area contributed by atoms with Crippen LogP contribution >= 0.6 is 0 Å². The second kappa shape index (κ2) is 14.7. The average Bonchev–Trinajstić information content (AvgIpc) is 2.31. The molecular formula is C16H32. The highest BCUT2D eigenvalue weighted by Gasteiger charge is 1.88. The lowest BCUT2D eigenvalue weighted by atomic mass is 10.1. The van der Waals surface area contributed by atoms with Gasteiger partial charge in [0.1, 0.15) is 0 Å². The van der Waals surface area contributed by atoms with Crippen molar-refractivity contribution >= 4 is 0 Å². The Hall–Kier alpha value is -0.260. The van der Waals surface area contributed by atoms with Gasteiger partial charge in [-0.1, -0.05) is 77.4 Å². The zero-order chi connectivity index (χ0) is 11.9. The van der Waals surface area contributed by atoms with Crippen LogP contribution in [0.3, 0.4) is 0 Å². The lowest BCUT2D eigenvalue weighted by molar-refractivity contribution is 0.610. The van der Waals surface area contributed by atoms with Crippen molar-refractivity contribution in [1.82, 2.24) is 0 Å². The van der Waals surface area contributed by atoms with Gasteiger partial charge in [0.15, 0.2) is 0 Å². The molecule has 0 fully saturated rings. The van der Waals surface area contributed by atoms with Crippen molar-refractivity contribution in [1.29, 1.82) is 0 Å². The average molecular weight is 224 g/mol. The summed E-state index contributed by atoms with van der Waals surface area (Å²) in [6.45, 7) is 4.55. The van der Waals surface area contributed by atoms with Crippen molar-refractivity contribution in [2.24, 2.45) is 0 Å². The molecule has 0 N–H and O–H groups in total. The normalized spacial score (nSPS) is 11.4. The monoisotopic (exact) mass is 224 g/mol. The van der Waals surface area contributed by atoms with E-state index in [0.29, 0.717) is 0 Å². The Kier molecular flexibility index (Phi) is 14.5. The van der Waals surface area contributed by atoms with Crippen molar-refractivity contribution in [2.45, 2.75) is 90.9 Å². The molecule has 0 aromatic heterocycles. The second-order valence-corrected chi connectivity index (χ2v) is 4.88. The first-order chi connectivity index (χ1) is 7.91. The number of hydrogen-bond donors (Lipinski definition) is 0. The standard InChI is InChI=1S/C16H32/c1-3-5-7-9-11-13-15-16-14-12-10-8-6-4-2/h13,15H,3-12,14,16H2,1-2H3. The van der Waals surface area contributed by atoms with E-state index in [1.165, 1.54) is 77.0 Å². The van der Waals surface area contributed by atoms with Gasteiger partial charge in [0, 0.05) is 0 Å². The quantitative estimate of drug-likeness (QED) is 0.271. The molecule has 0 saturated heterocycles. The van der Waals surface area contributed by atoms with Crippen LogP contribution in [-0.2, 0) is 0 Å². The first kappa shape index (κ1) is 15.7. The first-order valence-electron chi connectivity index (χ1n) is 7.56. The summed E-state index contributed by atoms with van der Waals surface area (Å²) in [5, 5.41) is 0. The van der Waals surface area contributed by atoms with E-state index in [-0.39, 0.29) is 0 Å². The molecule has 0 nitrogen and oxygen atoms in total. The van der Waals surface area contributed by atoms with Gasteiger partial charge in [-0.3, -0.25) is 0 Å². The van der Waals surface area contributed by atoms with Crippen LogP contribution in [0.15, 0.2) is 12.2 Å². The molecule has 16 heavy (non-hydrogen) atoms. The fraction of sp³-hybridized carbons (Fsp3) is 0.875. The highest BCUT2D eigenvalue weighted by atomic mass is 13.9. The van der Waals surface area contributed by atoms with Gasteiger partial charge in [-0.05, 0) is 25.7 Å². The third kappa shape index (κ3) is 13.7. The summed E-state index contributed by atoms with van der Waals surface area (Å²) in [4.78, 5) is 0. The van der Waals surface area contributed by atoms with Crippen LogP contribution in [0.2, 0.25) is 0 Å². The highest BCUT2D eigenvalue weighted by Crippen LogP contribution is 2.08. The molecule has 0 heterocycles. The molecule has 0 rings (SSSR count). The second-order valence-electron chi connectivity index (χ2n) is 4.88. The summed E-state index contributed by atoms with van der Waals surface area (Å²) >= 11 is 0. The van der Waals surface area contributed by atoms with Crippen LogP contribution < -0.4 is 0 Å². The van der Waals surface area contributed by atoms with E-state index >= 15 is 0 Å². The van der Waals surface area contributed by atoms with E-state index in [2.05, 4.69) is 26.0 Å². The third-order valence-corrected chi connectivity index (χ3v) is 3.12. The molecule has 0 spiro atoms. The number of hydrogen-bond acceptors (Lipinski definition) is 0. The Balaban J connectivity index is 2.98. The van der Waals surface area contributed by atoms with Gasteiger partial charge in [0.25, 0.3) is 0 Å². The van der Waals surface area contributed by atoms with Gasteiger partial charge < -0.3 is 0 Å². The lowest BCUT2D eigenvalue weighted by Gasteiger charge is -1.98. The summed E-state index contributed by atoms with van der Waals surface area (Å²) in [5.41, 5.74) is 0. The number of unbranched alkanes of at least 4 members (excludes halogenated alkanes) is 10. The summed E-state index contributed by atoms with van der Waals surface area (Å²) in [6.07, 6.45) is 21.4. The third-order valence-electron chi connectivity index (χ3n) is 3.12. The zero-order valence-electron chi connectivity index (χ0n) is 11.6. The van der Waals surface area contributed by atoms with Gasteiger partial charge >= 0.3 is 0 Å². The summed E-state index contributed by atoms with van der Waals surface area (Å²) in [5.74, 6) is 0. The van der Waals surface area contributed by atoms with Crippen LogP contribution in [-0.4, -0.2) is 0 Å². The van der Waals surface area contributed by atoms with Crippen molar-refractivity contribution in [2.75, 3.05) is 0 Å². The molecule has 0 aliphatic heterocycles. The Bertz CT molecular complexity index is 135. The van der Waals surface area contributed by atoms with Crippen molar-refractivity contribution < 1.29 is 0 Å². The maximum Gasteiger partial charge on any atom is -0.0351 e. The Morgan fingerprint density at radius 2 is 0.875 bits per heavy atom. The Morgan fingerprint density at radius 1 is 0.500 bits per heavy atom. The predicted octanol–water partition coefficient (Wildman–Crippen LogP) is 6.26. The van der Waals surface area contributed by atoms with Crippen LogP contribution in [0.1, 0.15) is 90.9 Å². The highest BCUT2D eigenvalue weighted by molar-refractivity contribution is 4.81. The van der Waals surface area contributed by atoms with Gasteiger partial charge in [0.2, 0.25) is 0 Å². The fourth-order valence-corrected chi connectivity index (χ4v) is 1.97. The molecular weight excluding hydrogens is 192 g/mol. The van der Waals surface area contributed by atoms with Gasteiger partial charge in [0.05, 0.1) is 0 Å². The molecule has 0 saturated carbocycles. The fourth-order valence-electron chi connectivity index (χ4n) is 1.97. The molecule has 0 unspecified atom stereocenters. The largest absolute Gasteiger partial charge is 0.0885 e. The molecule has 0 radical (unpaired) electrons. The van der Waals surface area contributed by atoms with E-state index in [1.54, 1.807) is 0 Å². The maximum atomic E-state index is 2.39. The molecule has 0 aromatic carbocycles. The predicted molar refractivity (Wildman–Crippen MR) is 75.9 cm³/mol. The molecule has 0 bridgehead atoms. The van der Waals surface area contributed by atoms with Crippen molar-refractivity contribution in [3.63, 3.8) is 0 Å². The molecule has 0 heteroatoms. The van der Waals surface area contributed by atoms with Crippen molar-refractivity contribution in [3.05, 3.63) is 12.2 Å². The van der Waals surface area contributed by atoms with E-state index in [1.807, 2.05) is 0 Å². The van der Waals surface area contributed by atoms with E-state index in [0.717, 1.165) is 0 Å². The lowest BCUT2D eigenvalue weighted by Crippen LogP contribution is -1.78. The summed E-state index contributed by atoms with van der Waals surface area (Å²) in [6, 6.07) is 0. The molecule has 0 amide bonds. The number of rotatable bonds is 12.